The first-order valence-electron chi connectivity index (χ1n) is 10.7. The minimum Gasteiger partial charge on any atom is -0.467 e. The summed E-state index contributed by atoms with van der Waals surface area (Å²) in [7, 11) is 0. The highest BCUT2D eigenvalue weighted by Gasteiger charge is 2.17. The summed E-state index contributed by atoms with van der Waals surface area (Å²) in [6.45, 7) is 14.8. The molecule has 1 aliphatic heterocycles. The second-order valence-electron chi connectivity index (χ2n) is 7.88. The molecule has 0 fully saturated rings. The summed E-state index contributed by atoms with van der Waals surface area (Å²) in [5, 5.41) is 6.62. The molecule has 0 radical (unpaired) electrons. The molecule has 0 atom stereocenters. The third-order valence-corrected chi connectivity index (χ3v) is 4.95. The molecule has 0 aromatic heterocycles. The largest absolute Gasteiger partial charge is 0.467 e. The van der Waals surface area contributed by atoms with Crippen LogP contribution >= 0.6 is 24.0 Å². The Morgan fingerprint density at radius 1 is 1.20 bits per heavy atom. The van der Waals surface area contributed by atoms with Gasteiger partial charge in [-0.2, -0.15) is 0 Å². The lowest BCUT2D eigenvalue weighted by Crippen LogP contribution is -2.39. The lowest BCUT2D eigenvalue weighted by atomic mass is 10.1. The maximum Gasteiger partial charge on any atom is 0.191 e. The second-order valence-corrected chi connectivity index (χ2v) is 7.88. The smallest absolute Gasteiger partial charge is 0.191 e. The fraction of sp³-hybridized carbons (Fsp3) is 0.682. The van der Waals surface area contributed by atoms with E-state index in [0.29, 0.717) is 31.7 Å². The van der Waals surface area contributed by atoms with Crippen LogP contribution in [0, 0.1) is 5.82 Å². The lowest BCUT2D eigenvalue weighted by molar-refractivity contribution is -0.0172. The van der Waals surface area contributed by atoms with E-state index in [1.165, 1.54) is 6.07 Å². The molecule has 1 aliphatic rings. The van der Waals surface area contributed by atoms with Crippen LogP contribution in [0.25, 0.3) is 0 Å². The molecule has 0 unspecified atom stereocenters. The van der Waals surface area contributed by atoms with Gasteiger partial charge < -0.3 is 20.1 Å². The molecule has 0 aliphatic carbocycles. The van der Waals surface area contributed by atoms with Crippen LogP contribution in [0.4, 0.5) is 4.39 Å². The van der Waals surface area contributed by atoms with E-state index in [9.17, 15) is 4.39 Å². The maximum absolute atomic E-state index is 13.9. The minimum atomic E-state index is -0.256. The summed E-state index contributed by atoms with van der Waals surface area (Å²) in [6.07, 6.45) is 1.66. The van der Waals surface area contributed by atoms with E-state index in [1.807, 2.05) is 6.92 Å². The first-order chi connectivity index (χ1) is 13.9. The molecule has 1 heterocycles. The zero-order valence-corrected chi connectivity index (χ0v) is 21.3. The normalized spacial score (nSPS) is 13.8. The van der Waals surface area contributed by atoms with Gasteiger partial charge in [0.25, 0.3) is 0 Å². The van der Waals surface area contributed by atoms with Gasteiger partial charge in [0.1, 0.15) is 11.6 Å². The predicted octanol–water partition coefficient (Wildman–Crippen LogP) is 3.92. The molecule has 6 nitrogen and oxygen atoms in total. The average Bonchev–Trinajstić information content (AvgIpc) is 2.66. The van der Waals surface area contributed by atoms with Crippen molar-refractivity contribution in [1.29, 1.82) is 0 Å². The summed E-state index contributed by atoms with van der Waals surface area (Å²) in [4.78, 5) is 7.16. The van der Waals surface area contributed by atoms with E-state index in [-0.39, 0.29) is 36.6 Å². The van der Waals surface area contributed by atoms with Gasteiger partial charge in [-0.15, -0.1) is 24.0 Å². The van der Waals surface area contributed by atoms with E-state index < -0.39 is 0 Å². The highest BCUT2D eigenvalue weighted by molar-refractivity contribution is 14.0. The number of nitrogens with one attached hydrogen (secondary N) is 2. The van der Waals surface area contributed by atoms with Gasteiger partial charge in [0.05, 0.1) is 6.61 Å². The number of fused-ring (bicyclic) bond motifs is 1. The zero-order chi connectivity index (χ0) is 21.2. The number of hydrogen-bond donors (Lipinski definition) is 2. The Morgan fingerprint density at radius 2 is 1.93 bits per heavy atom. The number of ether oxygens (including phenoxy) is 2. The molecular formula is C22H38FIN4O2. The number of rotatable bonds is 10. The topological polar surface area (TPSA) is 58.1 Å². The molecule has 0 saturated heterocycles. The van der Waals surface area contributed by atoms with Gasteiger partial charge in [-0.3, -0.25) is 9.89 Å². The van der Waals surface area contributed by atoms with Crippen molar-refractivity contribution in [2.24, 2.45) is 4.99 Å². The van der Waals surface area contributed by atoms with Gasteiger partial charge >= 0.3 is 0 Å². The predicted molar refractivity (Wildman–Crippen MR) is 131 cm³/mol. The van der Waals surface area contributed by atoms with Crippen molar-refractivity contribution < 1.29 is 13.9 Å². The molecule has 2 N–H and O–H groups in total. The van der Waals surface area contributed by atoms with Crippen molar-refractivity contribution >= 4 is 29.9 Å². The van der Waals surface area contributed by atoms with Gasteiger partial charge in [0.2, 0.25) is 0 Å². The van der Waals surface area contributed by atoms with E-state index in [1.54, 1.807) is 6.07 Å². The Bertz CT molecular complexity index is 663. The molecule has 1 aromatic carbocycles. The van der Waals surface area contributed by atoms with Crippen LogP contribution in [0.2, 0.25) is 0 Å². The Hall–Kier alpha value is -1.13. The first-order valence-corrected chi connectivity index (χ1v) is 10.7. The van der Waals surface area contributed by atoms with Gasteiger partial charge in [0.15, 0.2) is 12.8 Å². The first kappa shape index (κ1) is 26.9. The number of benzene rings is 1. The Balaban J connectivity index is 0.00000450. The summed E-state index contributed by atoms with van der Waals surface area (Å²) >= 11 is 0. The van der Waals surface area contributed by atoms with Crippen LogP contribution in [0.15, 0.2) is 17.1 Å². The van der Waals surface area contributed by atoms with Crippen molar-refractivity contribution in [3.05, 3.63) is 29.1 Å². The zero-order valence-electron chi connectivity index (χ0n) is 19.0. The molecule has 0 bridgehead atoms. The standard InChI is InChI=1S/C22H37FN4O2.HI/c1-6-24-22(25-9-7-11-27(16(2)3)17(4)5)26-10-8-18-12-20(23)13-19-14-28-15-29-21(18)19;/h12-13,16-17H,6-11,14-15H2,1-5H3,(H2,24,25,26);1H. The van der Waals surface area contributed by atoms with Crippen molar-refractivity contribution in [3.63, 3.8) is 0 Å². The van der Waals surface area contributed by atoms with Crippen LogP contribution in [0.3, 0.4) is 0 Å². The SMILES string of the molecule is CCNC(=NCCCN(C(C)C)C(C)C)NCCc1cc(F)cc2c1OCOC2.I. The summed E-state index contributed by atoms with van der Waals surface area (Å²) < 4.78 is 24.7. The Morgan fingerprint density at radius 3 is 2.60 bits per heavy atom. The third kappa shape index (κ3) is 8.55. The lowest BCUT2D eigenvalue weighted by Gasteiger charge is -2.30. The van der Waals surface area contributed by atoms with Crippen molar-refractivity contribution in [2.75, 3.05) is 33.0 Å². The van der Waals surface area contributed by atoms with Gasteiger partial charge in [-0.25, -0.2) is 4.39 Å². The number of guanidine groups is 1. The monoisotopic (exact) mass is 536 g/mol. The van der Waals surface area contributed by atoms with Gasteiger partial charge in [-0.05, 0) is 65.2 Å². The molecule has 0 saturated carbocycles. The molecule has 2 rings (SSSR count). The highest BCUT2D eigenvalue weighted by atomic mass is 127. The van der Waals surface area contributed by atoms with Crippen molar-refractivity contribution in [3.8, 4) is 5.75 Å². The number of nitrogens with zero attached hydrogens (tertiary/aromatic N) is 2. The minimum absolute atomic E-state index is 0. The maximum atomic E-state index is 13.9. The fourth-order valence-corrected chi connectivity index (χ4v) is 3.66. The van der Waals surface area contributed by atoms with E-state index in [2.05, 4.69) is 48.2 Å². The quantitative estimate of drug-likeness (QED) is 0.206. The highest BCUT2D eigenvalue weighted by Crippen LogP contribution is 2.29. The Kier molecular flexibility index (Phi) is 12.6. The molecule has 0 amide bonds. The fourth-order valence-electron chi connectivity index (χ4n) is 3.66. The molecule has 8 heteroatoms. The van der Waals surface area contributed by atoms with Gasteiger partial charge in [0, 0.05) is 43.8 Å². The van der Waals surface area contributed by atoms with Crippen LogP contribution in [0.1, 0.15) is 52.2 Å². The van der Waals surface area contributed by atoms with E-state index >= 15 is 0 Å². The van der Waals surface area contributed by atoms with Crippen LogP contribution in [0.5, 0.6) is 5.75 Å². The molecule has 1 aromatic rings. The van der Waals surface area contributed by atoms with E-state index in [0.717, 1.165) is 48.9 Å². The Labute approximate surface area is 198 Å². The van der Waals surface area contributed by atoms with Crippen LogP contribution < -0.4 is 15.4 Å². The average molecular weight is 536 g/mol. The summed E-state index contributed by atoms with van der Waals surface area (Å²) in [6, 6.07) is 4.10. The second kappa shape index (κ2) is 14.0. The van der Waals surface area contributed by atoms with Crippen molar-refractivity contribution in [2.45, 2.75) is 66.2 Å². The molecule has 30 heavy (non-hydrogen) atoms. The van der Waals surface area contributed by atoms with E-state index in [4.69, 9.17) is 9.47 Å². The van der Waals surface area contributed by atoms with Gasteiger partial charge in [-0.1, -0.05) is 0 Å². The van der Waals surface area contributed by atoms with Crippen molar-refractivity contribution in [1.82, 2.24) is 15.5 Å². The third-order valence-electron chi connectivity index (χ3n) is 4.95. The van der Waals surface area contributed by atoms with Crippen LogP contribution in [-0.2, 0) is 17.8 Å². The number of aliphatic imine (C=N–C) groups is 1. The number of hydrogen-bond acceptors (Lipinski definition) is 4. The number of halogens is 2. The molecule has 172 valence electrons. The van der Waals surface area contributed by atoms with Crippen LogP contribution in [-0.4, -0.2) is 55.9 Å². The molecular weight excluding hydrogens is 498 g/mol. The molecule has 0 spiro atoms. The summed E-state index contributed by atoms with van der Waals surface area (Å²) in [5.74, 6) is 1.29. The summed E-state index contributed by atoms with van der Waals surface area (Å²) in [5.41, 5.74) is 1.63.